The van der Waals surface area contributed by atoms with Gasteiger partial charge in [-0.05, 0) is 19.1 Å². The minimum Gasteiger partial charge on any atom is -0.311 e. The largest absolute Gasteiger partial charge is 0.311 e. The van der Waals surface area contributed by atoms with E-state index >= 15 is 0 Å². The Labute approximate surface area is 109 Å². The number of aromatic nitrogens is 3. The molecule has 3 rings (SSSR count). The molecule has 5 nitrogen and oxygen atoms in total. The molecule has 0 radical (unpaired) electrons. The Bertz CT molecular complexity index is 734. The molecule has 2 aromatic heterocycles. The molecule has 94 valence electrons. The average Bonchev–Trinajstić information content (AvgIpc) is 2.77. The van der Waals surface area contributed by atoms with E-state index in [-0.39, 0.29) is 0 Å². The Hall–Kier alpha value is -2.69. The first-order valence-corrected chi connectivity index (χ1v) is 5.91. The van der Waals surface area contributed by atoms with E-state index in [4.69, 9.17) is 0 Å². The van der Waals surface area contributed by atoms with Crippen LogP contribution in [0.4, 0.5) is 5.82 Å². The van der Waals surface area contributed by atoms with Gasteiger partial charge in [0.05, 0.1) is 5.69 Å². The van der Waals surface area contributed by atoms with Gasteiger partial charge in [0, 0.05) is 5.56 Å². The van der Waals surface area contributed by atoms with E-state index in [2.05, 4.69) is 15.4 Å². The van der Waals surface area contributed by atoms with Crippen LogP contribution in [0.1, 0.15) is 5.69 Å². The van der Waals surface area contributed by atoms with E-state index in [9.17, 15) is 4.79 Å². The van der Waals surface area contributed by atoms with Crippen molar-refractivity contribution in [3.63, 3.8) is 0 Å². The normalized spacial score (nSPS) is 10.6. The molecular formula is C14H12N4O. The first kappa shape index (κ1) is 11.4. The van der Waals surface area contributed by atoms with Crippen LogP contribution in [0.3, 0.4) is 0 Å². The van der Waals surface area contributed by atoms with Crippen molar-refractivity contribution in [2.45, 2.75) is 6.92 Å². The number of hydrogen-bond donors (Lipinski definition) is 1. The number of rotatable bonds is 3. The Morgan fingerprint density at radius 2 is 1.95 bits per heavy atom. The summed E-state index contributed by atoms with van der Waals surface area (Å²) in [5, 5.41) is 7.08. The monoisotopic (exact) mass is 252 g/mol. The summed E-state index contributed by atoms with van der Waals surface area (Å²) in [6.45, 7) is 1.92. The molecule has 19 heavy (non-hydrogen) atoms. The zero-order valence-electron chi connectivity index (χ0n) is 10.4. The highest BCUT2D eigenvalue weighted by molar-refractivity contribution is 5.83. The van der Waals surface area contributed by atoms with Gasteiger partial charge in [0.2, 0.25) is 6.41 Å². The number of hydrogen-bond acceptors (Lipinski definition) is 3. The number of carbonyl (C=O) groups excluding carboxylic acids is 1. The Balaban J connectivity index is 2.33. The van der Waals surface area contributed by atoms with E-state index in [0.717, 1.165) is 17.0 Å². The minimum atomic E-state index is 0.513. The number of fused-ring (bicyclic) bond motifs is 1. The third kappa shape index (κ3) is 1.95. The Morgan fingerprint density at radius 1 is 1.16 bits per heavy atom. The quantitative estimate of drug-likeness (QED) is 0.727. The molecule has 2 heterocycles. The highest BCUT2D eigenvalue weighted by atomic mass is 16.1. The van der Waals surface area contributed by atoms with E-state index in [1.165, 1.54) is 0 Å². The molecule has 1 N–H and O–H groups in total. The standard InChI is InChI=1S/C14H12N4O/c1-10-7-8-12-16-14(15-9-19)13(18(12)17-10)11-5-3-2-4-6-11/h2-9H,1H3,(H,15,19). The number of anilines is 1. The topological polar surface area (TPSA) is 59.3 Å². The highest BCUT2D eigenvalue weighted by Crippen LogP contribution is 2.27. The van der Waals surface area contributed by atoms with Crippen LogP contribution in [0.5, 0.6) is 0 Å². The molecule has 0 bridgehead atoms. The molecule has 0 aliphatic heterocycles. The van der Waals surface area contributed by atoms with Crippen LogP contribution >= 0.6 is 0 Å². The highest BCUT2D eigenvalue weighted by Gasteiger charge is 2.14. The Kier molecular flexibility index (Phi) is 2.72. The molecular weight excluding hydrogens is 240 g/mol. The third-order valence-corrected chi connectivity index (χ3v) is 2.85. The smallest absolute Gasteiger partial charge is 0.212 e. The zero-order valence-corrected chi connectivity index (χ0v) is 10.4. The summed E-state index contributed by atoms with van der Waals surface area (Å²) in [5.41, 5.74) is 3.33. The van der Waals surface area contributed by atoms with Gasteiger partial charge in [0.1, 0.15) is 5.69 Å². The molecule has 0 saturated heterocycles. The summed E-state index contributed by atoms with van der Waals surface area (Å²) in [7, 11) is 0. The second-order valence-electron chi connectivity index (χ2n) is 4.18. The molecule has 0 atom stereocenters. The number of amides is 1. The van der Waals surface area contributed by atoms with Crippen LogP contribution in [0.25, 0.3) is 16.9 Å². The lowest BCUT2D eigenvalue weighted by molar-refractivity contribution is -0.105. The van der Waals surface area contributed by atoms with E-state index in [1.54, 1.807) is 4.52 Å². The molecule has 0 spiro atoms. The van der Waals surface area contributed by atoms with Gasteiger partial charge in [0.25, 0.3) is 0 Å². The summed E-state index contributed by atoms with van der Waals surface area (Å²) < 4.78 is 1.75. The van der Waals surface area contributed by atoms with Crippen molar-refractivity contribution in [2.75, 3.05) is 5.32 Å². The number of carbonyl (C=O) groups is 1. The fourth-order valence-electron chi connectivity index (χ4n) is 2.04. The van der Waals surface area contributed by atoms with Gasteiger partial charge in [-0.15, -0.1) is 0 Å². The summed E-state index contributed by atoms with van der Waals surface area (Å²) in [6.07, 6.45) is 0.626. The molecule has 1 aromatic carbocycles. The lowest BCUT2D eigenvalue weighted by atomic mass is 10.1. The van der Waals surface area contributed by atoms with Crippen LogP contribution in [-0.2, 0) is 4.79 Å². The molecule has 0 saturated carbocycles. The van der Waals surface area contributed by atoms with Crippen LogP contribution in [0.15, 0.2) is 42.5 Å². The zero-order chi connectivity index (χ0) is 13.2. The second kappa shape index (κ2) is 4.53. The van der Waals surface area contributed by atoms with Gasteiger partial charge in [0.15, 0.2) is 11.5 Å². The lowest BCUT2D eigenvalue weighted by Crippen LogP contribution is -1.99. The maximum absolute atomic E-state index is 10.7. The molecule has 1 amide bonds. The van der Waals surface area contributed by atoms with Crippen molar-refractivity contribution in [3.8, 4) is 11.3 Å². The molecule has 0 unspecified atom stereocenters. The summed E-state index contributed by atoms with van der Waals surface area (Å²) >= 11 is 0. The predicted molar refractivity (Wildman–Crippen MR) is 72.8 cm³/mol. The van der Waals surface area contributed by atoms with E-state index < -0.39 is 0 Å². The fourth-order valence-corrected chi connectivity index (χ4v) is 2.04. The van der Waals surface area contributed by atoms with Gasteiger partial charge in [-0.2, -0.15) is 5.10 Å². The van der Waals surface area contributed by atoms with Gasteiger partial charge in [-0.3, -0.25) is 4.79 Å². The number of imidazole rings is 1. The first-order chi connectivity index (χ1) is 9.29. The predicted octanol–water partition coefficient (Wildman–Crippen LogP) is 2.27. The van der Waals surface area contributed by atoms with Crippen molar-refractivity contribution in [2.24, 2.45) is 0 Å². The molecule has 5 heteroatoms. The van der Waals surface area contributed by atoms with Gasteiger partial charge >= 0.3 is 0 Å². The summed E-state index contributed by atoms with van der Waals surface area (Å²) in [6, 6.07) is 13.5. The van der Waals surface area contributed by atoms with Crippen molar-refractivity contribution >= 4 is 17.9 Å². The van der Waals surface area contributed by atoms with Crippen molar-refractivity contribution in [3.05, 3.63) is 48.2 Å². The SMILES string of the molecule is Cc1ccc2nc(NC=O)c(-c3ccccc3)n2n1. The van der Waals surface area contributed by atoms with Crippen molar-refractivity contribution < 1.29 is 4.79 Å². The molecule has 0 aliphatic rings. The van der Waals surface area contributed by atoms with Crippen molar-refractivity contribution in [1.29, 1.82) is 0 Å². The van der Waals surface area contributed by atoms with Crippen LogP contribution < -0.4 is 5.32 Å². The van der Waals surface area contributed by atoms with Crippen LogP contribution in [-0.4, -0.2) is 21.0 Å². The van der Waals surface area contributed by atoms with Crippen molar-refractivity contribution in [1.82, 2.24) is 14.6 Å². The Morgan fingerprint density at radius 3 is 2.68 bits per heavy atom. The van der Waals surface area contributed by atoms with Gasteiger partial charge < -0.3 is 5.32 Å². The molecule has 3 aromatic rings. The lowest BCUT2D eigenvalue weighted by Gasteiger charge is -2.03. The number of aryl methyl sites for hydroxylation is 1. The van der Waals surface area contributed by atoms with Crippen LogP contribution in [0, 0.1) is 6.92 Å². The first-order valence-electron chi connectivity index (χ1n) is 5.91. The maximum Gasteiger partial charge on any atom is 0.212 e. The summed E-state index contributed by atoms with van der Waals surface area (Å²) in [4.78, 5) is 15.1. The number of nitrogens with one attached hydrogen (secondary N) is 1. The van der Waals surface area contributed by atoms with Crippen LogP contribution in [0.2, 0.25) is 0 Å². The second-order valence-corrected chi connectivity index (χ2v) is 4.18. The minimum absolute atomic E-state index is 0.513. The molecule has 0 aliphatic carbocycles. The average molecular weight is 252 g/mol. The van der Waals surface area contributed by atoms with E-state index in [1.807, 2.05) is 49.4 Å². The van der Waals surface area contributed by atoms with E-state index in [0.29, 0.717) is 17.9 Å². The maximum atomic E-state index is 10.7. The summed E-state index contributed by atoms with van der Waals surface area (Å²) in [5.74, 6) is 0.513. The molecule has 0 fully saturated rings. The van der Waals surface area contributed by atoms with Gasteiger partial charge in [-0.25, -0.2) is 9.50 Å². The van der Waals surface area contributed by atoms with Gasteiger partial charge in [-0.1, -0.05) is 30.3 Å². The fraction of sp³-hybridized carbons (Fsp3) is 0.0714. The third-order valence-electron chi connectivity index (χ3n) is 2.85. The number of nitrogens with zero attached hydrogens (tertiary/aromatic N) is 3. The number of benzene rings is 1.